The minimum atomic E-state index is -0.528. The van der Waals surface area contributed by atoms with Crippen LogP contribution in [0.2, 0.25) is 0 Å². The molecule has 0 bridgehead atoms. The molecule has 2 aliphatic rings. The quantitative estimate of drug-likeness (QED) is 0.855. The van der Waals surface area contributed by atoms with E-state index in [1.54, 1.807) is 0 Å². The van der Waals surface area contributed by atoms with Crippen molar-refractivity contribution in [2.24, 2.45) is 11.7 Å². The normalized spacial score (nSPS) is 29.3. The van der Waals surface area contributed by atoms with Crippen molar-refractivity contribution in [3.8, 4) is 0 Å². The third-order valence-corrected chi connectivity index (χ3v) is 5.99. The number of anilines is 1. The zero-order valence-corrected chi connectivity index (χ0v) is 13.7. The minimum absolute atomic E-state index is 0.237. The number of halogens is 2. The highest BCUT2D eigenvalue weighted by atomic mass is 79.9. The fraction of sp³-hybridized carbons (Fsp3) is 0.625. The lowest BCUT2D eigenvalue weighted by atomic mass is 9.71. The van der Waals surface area contributed by atoms with E-state index in [-0.39, 0.29) is 11.7 Å². The van der Waals surface area contributed by atoms with Crippen LogP contribution in [0.15, 0.2) is 16.6 Å². The van der Waals surface area contributed by atoms with Gasteiger partial charge in [-0.3, -0.25) is 0 Å². The number of aliphatic hydroxyl groups is 1. The Labute approximate surface area is 133 Å². The van der Waals surface area contributed by atoms with Gasteiger partial charge in [-0.25, -0.2) is 4.39 Å². The van der Waals surface area contributed by atoms with Crippen LogP contribution in [0.3, 0.4) is 0 Å². The molecule has 21 heavy (non-hydrogen) atoms. The molecule has 1 aromatic rings. The number of benzene rings is 1. The van der Waals surface area contributed by atoms with Gasteiger partial charge in [0, 0.05) is 25.6 Å². The summed E-state index contributed by atoms with van der Waals surface area (Å²) in [6.07, 6.45) is 4.94. The monoisotopic (exact) mass is 356 g/mol. The molecule has 1 aromatic carbocycles. The minimum Gasteiger partial charge on any atom is -0.389 e. The van der Waals surface area contributed by atoms with E-state index in [1.807, 2.05) is 12.1 Å². The van der Waals surface area contributed by atoms with Crippen LogP contribution in [0.4, 0.5) is 10.1 Å². The van der Waals surface area contributed by atoms with Crippen LogP contribution < -0.4 is 10.6 Å². The summed E-state index contributed by atoms with van der Waals surface area (Å²) in [6, 6.07) is 3.69. The smallest absolute Gasteiger partial charge is 0.160 e. The van der Waals surface area contributed by atoms with E-state index < -0.39 is 5.60 Å². The molecule has 1 aliphatic carbocycles. The van der Waals surface area contributed by atoms with Crippen LogP contribution in [-0.2, 0) is 6.54 Å². The van der Waals surface area contributed by atoms with E-state index in [1.165, 1.54) is 6.42 Å². The van der Waals surface area contributed by atoms with Crippen molar-refractivity contribution < 1.29 is 9.50 Å². The Morgan fingerprint density at radius 2 is 2.19 bits per heavy atom. The summed E-state index contributed by atoms with van der Waals surface area (Å²) in [5.74, 6) is 0.0200. The topological polar surface area (TPSA) is 49.5 Å². The van der Waals surface area contributed by atoms with Crippen molar-refractivity contribution in [1.29, 1.82) is 0 Å². The summed E-state index contributed by atoms with van der Waals surface area (Å²) in [4.78, 5) is 2.07. The molecule has 0 spiro atoms. The van der Waals surface area contributed by atoms with Crippen molar-refractivity contribution in [1.82, 2.24) is 0 Å². The third kappa shape index (κ3) is 2.71. The first-order valence-corrected chi connectivity index (χ1v) is 8.49. The van der Waals surface area contributed by atoms with Gasteiger partial charge in [0.25, 0.3) is 0 Å². The molecule has 5 heteroatoms. The van der Waals surface area contributed by atoms with Gasteiger partial charge in [-0.15, -0.1) is 0 Å². The SMILES string of the molecule is NCc1ccc(N2CCC3(O)CCCCC3C2)c(F)c1Br. The number of rotatable bonds is 2. The van der Waals surface area contributed by atoms with Crippen molar-refractivity contribution in [2.75, 3.05) is 18.0 Å². The summed E-state index contributed by atoms with van der Waals surface area (Å²) >= 11 is 3.31. The van der Waals surface area contributed by atoms with Gasteiger partial charge in [0.15, 0.2) is 5.82 Å². The van der Waals surface area contributed by atoms with Crippen LogP contribution in [0, 0.1) is 11.7 Å². The lowest BCUT2D eigenvalue weighted by Gasteiger charge is -2.48. The summed E-state index contributed by atoms with van der Waals surface area (Å²) in [7, 11) is 0. The average molecular weight is 357 g/mol. The highest BCUT2D eigenvalue weighted by molar-refractivity contribution is 9.10. The van der Waals surface area contributed by atoms with Crippen molar-refractivity contribution in [3.63, 3.8) is 0 Å². The number of fused-ring (bicyclic) bond motifs is 1. The van der Waals surface area contributed by atoms with Gasteiger partial charge in [0.05, 0.1) is 15.8 Å². The highest BCUT2D eigenvalue weighted by Gasteiger charge is 2.43. The predicted molar refractivity (Wildman–Crippen MR) is 85.7 cm³/mol. The molecular formula is C16H22BrFN2O. The van der Waals surface area contributed by atoms with Gasteiger partial charge in [0.1, 0.15) is 0 Å². The Bertz CT molecular complexity index is 539. The molecule has 3 nitrogen and oxygen atoms in total. The number of nitrogens with two attached hydrogens (primary N) is 1. The molecule has 1 aliphatic heterocycles. The van der Waals surface area contributed by atoms with Gasteiger partial charge in [-0.05, 0) is 46.8 Å². The molecule has 0 radical (unpaired) electrons. The second kappa shape index (κ2) is 5.86. The Kier molecular flexibility index (Phi) is 4.26. The molecule has 2 atom stereocenters. The van der Waals surface area contributed by atoms with Crippen LogP contribution >= 0.6 is 15.9 Å². The molecule has 2 fully saturated rings. The Morgan fingerprint density at radius 1 is 1.38 bits per heavy atom. The van der Waals surface area contributed by atoms with Crippen LogP contribution in [-0.4, -0.2) is 23.8 Å². The van der Waals surface area contributed by atoms with Gasteiger partial charge < -0.3 is 15.7 Å². The third-order valence-electron chi connectivity index (χ3n) is 5.13. The summed E-state index contributed by atoms with van der Waals surface area (Å²) in [5.41, 5.74) is 6.48. The van der Waals surface area contributed by atoms with Crippen LogP contribution in [0.5, 0.6) is 0 Å². The molecular weight excluding hydrogens is 335 g/mol. The number of nitrogens with zero attached hydrogens (tertiary/aromatic N) is 1. The molecule has 2 unspecified atom stereocenters. The first kappa shape index (κ1) is 15.3. The first-order valence-electron chi connectivity index (χ1n) is 7.69. The van der Waals surface area contributed by atoms with Gasteiger partial charge in [-0.2, -0.15) is 0 Å². The van der Waals surface area contributed by atoms with Crippen LogP contribution in [0.25, 0.3) is 0 Å². The average Bonchev–Trinajstić information content (AvgIpc) is 2.49. The summed E-state index contributed by atoms with van der Waals surface area (Å²) < 4.78 is 15.0. The zero-order valence-electron chi connectivity index (χ0n) is 12.1. The van der Waals surface area contributed by atoms with Crippen LogP contribution in [0.1, 0.15) is 37.7 Å². The van der Waals surface area contributed by atoms with Crippen molar-refractivity contribution >= 4 is 21.6 Å². The maximum Gasteiger partial charge on any atom is 0.160 e. The Morgan fingerprint density at radius 3 is 2.95 bits per heavy atom. The van der Waals surface area contributed by atoms with E-state index in [9.17, 15) is 9.50 Å². The number of hydrogen-bond donors (Lipinski definition) is 2. The van der Waals surface area contributed by atoms with Crippen molar-refractivity contribution in [3.05, 3.63) is 28.0 Å². The zero-order chi connectivity index (χ0) is 15.0. The maximum atomic E-state index is 14.5. The standard InChI is InChI=1S/C16H22BrFN2O/c17-14-11(9-19)4-5-13(15(14)18)20-8-7-16(21)6-2-1-3-12(16)10-20/h4-5,12,21H,1-3,6-10,19H2. The predicted octanol–water partition coefficient (Wildman–Crippen LogP) is 3.18. The second-order valence-corrected chi connectivity index (χ2v) is 7.11. The van der Waals surface area contributed by atoms with E-state index in [0.717, 1.165) is 37.8 Å². The van der Waals surface area contributed by atoms with Crippen molar-refractivity contribution in [2.45, 2.75) is 44.2 Å². The molecule has 0 amide bonds. The molecule has 3 N–H and O–H groups in total. The summed E-state index contributed by atoms with van der Waals surface area (Å²) in [6.45, 7) is 1.76. The van der Waals surface area contributed by atoms with Gasteiger partial charge in [0.2, 0.25) is 0 Å². The van der Waals surface area contributed by atoms with E-state index in [4.69, 9.17) is 5.73 Å². The number of piperidine rings is 1. The first-order chi connectivity index (χ1) is 10.0. The molecule has 3 rings (SSSR count). The Balaban J connectivity index is 1.84. The molecule has 1 saturated carbocycles. The van der Waals surface area contributed by atoms with Gasteiger partial charge in [-0.1, -0.05) is 18.9 Å². The lowest BCUT2D eigenvalue weighted by molar-refractivity contribution is -0.0613. The largest absolute Gasteiger partial charge is 0.389 e. The molecule has 1 saturated heterocycles. The molecule has 116 valence electrons. The number of hydrogen-bond acceptors (Lipinski definition) is 3. The van der Waals surface area contributed by atoms with E-state index >= 15 is 0 Å². The molecule has 1 heterocycles. The Hall–Kier alpha value is -0.650. The highest BCUT2D eigenvalue weighted by Crippen LogP contribution is 2.42. The van der Waals surface area contributed by atoms with Gasteiger partial charge >= 0.3 is 0 Å². The fourth-order valence-corrected chi connectivity index (χ4v) is 4.27. The van der Waals surface area contributed by atoms with E-state index in [2.05, 4.69) is 20.8 Å². The summed E-state index contributed by atoms with van der Waals surface area (Å²) in [5, 5.41) is 10.7. The fourth-order valence-electron chi connectivity index (χ4n) is 3.77. The lowest BCUT2D eigenvalue weighted by Crippen LogP contribution is -2.53. The molecule has 0 aromatic heterocycles. The maximum absolute atomic E-state index is 14.5. The second-order valence-electron chi connectivity index (χ2n) is 6.32. The van der Waals surface area contributed by atoms with E-state index in [0.29, 0.717) is 23.2 Å².